The standard InChI is InChI=1S/C45H65N3O7S2/c1-27(2)10-6-11-28(3)12-7-14-31(25-50)36-23-32-26-57-56-21-18-34(33-17-19-44(5,55)45(32,41(36)53)37(33)16-9-20-49)38(52)22-30-13-8-15-35-39(30)40(47-24-29(4)51)43(54)48-42(35)46/h7-8,10,12-15,29,32,36-37,40-42,47,49-51,53,55H,3,6,9,11,16-26,46H2,1-2,4-5H3,(H,48,54). The maximum atomic E-state index is 14.9. The summed E-state index contributed by atoms with van der Waals surface area (Å²) in [5, 5.41) is 62.4. The highest BCUT2D eigenvalue weighted by atomic mass is 33.1. The topological polar surface area (TPSA) is 185 Å². The van der Waals surface area contributed by atoms with Gasteiger partial charge < -0.3 is 36.6 Å². The summed E-state index contributed by atoms with van der Waals surface area (Å²) in [6.07, 6.45) is 10.0. The molecule has 0 radical (unpaired) electrons. The molecule has 2 aliphatic carbocycles. The Morgan fingerprint density at radius 1 is 1.21 bits per heavy atom. The van der Waals surface area contributed by atoms with Crippen molar-refractivity contribution in [1.82, 2.24) is 10.6 Å². The zero-order chi connectivity index (χ0) is 41.5. The molecule has 1 spiro atoms. The highest BCUT2D eigenvalue weighted by Gasteiger charge is 2.68. The number of ketones is 1. The fourth-order valence-electron chi connectivity index (χ4n) is 10.2. The van der Waals surface area contributed by atoms with Crippen molar-refractivity contribution in [2.24, 2.45) is 28.9 Å². The third-order valence-electron chi connectivity index (χ3n) is 12.8. The van der Waals surface area contributed by atoms with E-state index in [2.05, 4.69) is 37.1 Å². The van der Waals surface area contributed by atoms with Gasteiger partial charge in [0.25, 0.3) is 0 Å². The number of aliphatic hydroxyl groups excluding tert-OH is 4. The Morgan fingerprint density at radius 3 is 2.68 bits per heavy atom. The van der Waals surface area contributed by atoms with Crippen LogP contribution in [0.3, 0.4) is 0 Å². The Hall–Kier alpha value is -2.52. The average molecular weight is 824 g/mol. The summed E-state index contributed by atoms with van der Waals surface area (Å²) >= 11 is 0. The van der Waals surface area contributed by atoms with Gasteiger partial charge in [-0.2, -0.15) is 0 Å². The first-order chi connectivity index (χ1) is 27.2. The minimum Gasteiger partial charge on any atom is -0.396 e. The molecule has 2 bridgehead atoms. The van der Waals surface area contributed by atoms with Crippen LogP contribution in [0.15, 0.2) is 76.9 Å². The zero-order valence-electron chi connectivity index (χ0n) is 34.1. The molecule has 1 amide bonds. The number of allylic oxidation sites excluding steroid dienone is 8. The third-order valence-corrected chi connectivity index (χ3v) is 15.2. The van der Waals surface area contributed by atoms with E-state index in [-0.39, 0.29) is 43.8 Å². The molecule has 9 N–H and O–H groups in total. The number of hydrogen-bond acceptors (Lipinski definition) is 11. The van der Waals surface area contributed by atoms with Crippen LogP contribution in [0, 0.1) is 23.2 Å². The van der Waals surface area contributed by atoms with Crippen molar-refractivity contribution in [1.29, 1.82) is 0 Å². The molecule has 0 saturated heterocycles. The third kappa shape index (κ3) is 9.93. The maximum Gasteiger partial charge on any atom is 0.243 e. The minimum absolute atomic E-state index is 0.0285. The number of carbonyl (C=O) groups is 2. The van der Waals surface area contributed by atoms with Crippen molar-refractivity contribution in [2.45, 2.75) is 115 Å². The lowest BCUT2D eigenvalue weighted by Gasteiger charge is -2.58. The van der Waals surface area contributed by atoms with Crippen LogP contribution in [0.4, 0.5) is 0 Å². The molecule has 2 fully saturated rings. The van der Waals surface area contributed by atoms with E-state index in [0.29, 0.717) is 77.9 Å². The Morgan fingerprint density at radius 2 is 1.98 bits per heavy atom. The second-order valence-electron chi connectivity index (χ2n) is 16.9. The SMILES string of the molecule is C=C(C=CC=C(CO)C1CC2CSSCCC(C(=O)Cc3cccc4c3C(NCC(C)O)C(=O)NC4N)=C3CCC(C)(O)C2(C3CCCO)C1O)CCC=C(C)C. The smallest absolute Gasteiger partial charge is 0.243 e. The molecule has 0 aromatic heterocycles. The molecular weight excluding hydrogens is 759 g/mol. The van der Waals surface area contributed by atoms with Gasteiger partial charge in [-0.25, -0.2) is 0 Å². The summed E-state index contributed by atoms with van der Waals surface area (Å²) in [6.45, 7) is 11.7. The number of benzene rings is 1. The van der Waals surface area contributed by atoms with Gasteiger partial charge in [-0.15, -0.1) is 0 Å². The molecular formula is C45H65N3O7S2. The lowest BCUT2D eigenvalue weighted by molar-refractivity contribution is -0.184. The maximum absolute atomic E-state index is 14.9. The monoisotopic (exact) mass is 823 g/mol. The average Bonchev–Trinajstić information content (AvgIpc) is 3.44. The number of carbonyl (C=O) groups excluding carboxylic acids is 2. The van der Waals surface area contributed by atoms with E-state index in [1.54, 1.807) is 28.5 Å². The lowest BCUT2D eigenvalue weighted by atomic mass is 9.49. The van der Waals surface area contributed by atoms with Crippen LogP contribution in [0.25, 0.3) is 0 Å². The van der Waals surface area contributed by atoms with E-state index in [9.17, 15) is 35.1 Å². The molecule has 4 aliphatic rings. The van der Waals surface area contributed by atoms with Crippen LogP contribution in [0.2, 0.25) is 0 Å². The highest BCUT2D eigenvalue weighted by Crippen LogP contribution is 2.66. The second kappa shape index (κ2) is 20.2. The second-order valence-corrected chi connectivity index (χ2v) is 19.5. The summed E-state index contributed by atoms with van der Waals surface area (Å²) in [5.74, 6) is 0.0401. The van der Waals surface area contributed by atoms with Gasteiger partial charge in [-0.1, -0.05) is 87.4 Å². The number of aliphatic hydroxyl groups is 5. The van der Waals surface area contributed by atoms with Crippen LogP contribution < -0.4 is 16.4 Å². The molecule has 1 aromatic carbocycles. The first-order valence-electron chi connectivity index (χ1n) is 20.6. The number of fused-ring (bicyclic) bond motifs is 2. The summed E-state index contributed by atoms with van der Waals surface area (Å²) in [7, 11) is 3.40. The number of nitrogens with one attached hydrogen (secondary N) is 2. The van der Waals surface area contributed by atoms with Crippen LogP contribution in [-0.4, -0.2) is 86.3 Å². The van der Waals surface area contributed by atoms with Crippen LogP contribution >= 0.6 is 21.6 Å². The van der Waals surface area contributed by atoms with Crippen LogP contribution in [-0.2, 0) is 16.0 Å². The van der Waals surface area contributed by atoms with Crippen molar-refractivity contribution in [3.63, 3.8) is 0 Å². The molecule has 1 aromatic rings. The fourth-order valence-corrected chi connectivity index (χ4v) is 12.6. The summed E-state index contributed by atoms with van der Waals surface area (Å²) < 4.78 is 0. The Balaban J connectivity index is 1.57. The van der Waals surface area contributed by atoms with Gasteiger partial charge in [-0.3, -0.25) is 14.9 Å². The lowest BCUT2D eigenvalue weighted by Crippen LogP contribution is -2.62. The summed E-state index contributed by atoms with van der Waals surface area (Å²) in [4.78, 5) is 28.2. The van der Waals surface area contributed by atoms with Crippen molar-refractivity contribution >= 4 is 33.3 Å². The van der Waals surface area contributed by atoms with E-state index in [1.807, 2.05) is 43.4 Å². The first-order valence-corrected chi connectivity index (χ1v) is 23.1. The molecule has 57 heavy (non-hydrogen) atoms. The molecule has 9 atom stereocenters. The molecule has 2 aliphatic heterocycles. The Kier molecular flexibility index (Phi) is 16.1. The Labute approximate surface area is 347 Å². The van der Waals surface area contributed by atoms with Gasteiger partial charge in [0, 0.05) is 42.4 Å². The van der Waals surface area contributed by atoms with Crippen LogP contribution in [0.1, 0.15) is 108 Å². The number of hydrogen-bond donors (Lipinski definition) is 8. The molecule has 9 unspecified atom stereocenters. The quantitative estimate of drug-likeness (QED) is 0.0584. The molecule has 10 nitrogen and oxygen atoms in total. The van der Waals surface area contributed by atoms with Gasteiger partial charge in [0.2, 0.25) is 5.91 Å². The fraction of sp³-hybridized carbons (Fsp3) is 0.600. The minimum atomic E-state index is -1.30. The molecule has 2 saturated carbocycles. The van der Waals surface area contributed by atoms with Gasteiger partial charge in [0.1, 0.15) is 12.2 Å². The van der Waals surface area contributed by atoms with Gasteiger partial charge in [0.15, 0.2) is 5.78 Å². The normalized spacial score (nSPS) is 31.1. The highest BCUT2D eigenvalue weighted by molar-refractivity contribution is 8.76. The zero-order valence-corrected chi connectivity index (χ0v) is 35.8. The van der Waals surface area contributed by atoms with E-state index in [4.69, 9.17) is 5.73 Å². The largest absolute Gasteiger partial charge is 0.396 e. The van der Waals surface area contributed by atoms with Crippen molar-refractivity contribution < 1.29 is 35.1 Å². The van der Waals surface area contributed by atoms with Crippen molar-refractivity contribution in [2.75, 3.05) is 31.3 Å². The Bertz CT molecular complexity index is 1750. The van der Waals surface area contributed by atoms with Crippen molar-refractivity contribution in [3.8, 4) is 0 Å². The van der Waals surface area contributed by atoms with E-state index in [0.717, 1.165) is 24.0 Å². The number of amides is 1. The van der Waals surface area contributed by atoms with Gasteiger partial charge in [-0.05, 0) is 119 Å². The number of nitrogens with two attached hydrogens (primary N) is 1. The summed E-state index contributed by atoms with van der Waals surface area (Å²) in [5.41, 5.74) is 10.7. The van der Waals surface area contributed by atoms with Crippen molar-refractivity contribution in [3.05, 3.63) is 93.6 Å². The number of rotatable bonds is 16. The molecule has 314 valence electrons. The van der Waals surface area contributed by atoms with Crippen LogP contribution in [0.5, 0.6) is 0 Å². The predicted octanol–water partition coefficient (Wildman–Crippen LogP) is 5.67. The number of Topliss-reactive ketones (excluding diaryl/α,β-unsaturated/α-hetero) is 1. The van der Waals surface area contributed by atoms with E-state index >= 15 is 0 Å². The predicted molar refractivity (Wildman–Crippen MR) is 231 cm³/mol. The molecule has 12 heteroatoms. The van der Waals surface area contributed by atoms with Gasteiger partial charge in [0.05, 0.1) is 24.4 Å². The van der Waals surface area contributed by atoms with E-state index in [1.165, 1.54) is 5.57 Å². The first kappa shape index (κ1) is 45.6. The molecule has 2 heterocycles. The summed E-state index contributed by atoms with van der Waals surface area (Å²) in [6, 6.07) is 4.77. The molecule has 5 rings (SSSR count). The van der Waals surface area contributed by atoms with Gasteiger partial charge >= 0.3 is 0 Å². The van der Waals surface area contributed by atoms with E-state index < -0.39 is 47.3 Å².